The maximum Gasteiger partial charge on any atom is 0.424 e. The van der Waals surface area contributed by atoms with E-state index in [1.165, 1.54) is 0 Å². The molecule has 0 unspecified atom stereocenters. The highest BCUT2D eigenvalue weighted by Crippen LogP contribution is 2.28. The van der Waals surface area contributed by atoms with Crippen molar-refractivity contribution in [1.82, 2.24) is 4.90 Å². The molecule has 0 bridgehead atoms. The molecule has 100 valence electrons. The summed E-state index contributed by atoms with van der Waals surface area (Å²) in [7, 11) is 0. The van der Waals surface area contributed by atoms with Crippen molar-refractivity contribution in [2.45, 2.75) is 6.92 Å². The first-order valence-corrected chi connectivity index (χ1v) is 6.22. The maximum absolute atomic E-state index is 12.2. The molecule has 3 rings (SSSR count). The fraction of sp³-hybridized carbons (Fsp3) is 0.133. The fourth-order valence-corrected chi connectivity index (χ4v) is 2.28. The van der Waals surface area contributed by atoms with Crippen LogP contribution in [0.3, 0.4) is 0 Å². The van der Waals surface area contributed by atoms with Crippen LogP contribution in [-0.2, 0) is 4.74 Å². The Hall–Kier alpha value is -2.69. The lowest BCUT2D eigenvalue weighted by atomic mass is 10.0. The molecule has 0 spiro atoms. The Kier molecular flexibility index (Phi) is 2.75. The van der Waals surface area contributed by atoms with Crippen LogP contribution in [0.15, 0.2) is 36.4 Å². The summed E-state index contributed by atoms with van der Waals surface area (Å²) in [6.45, 7) is 1.72. The molecule has 1 aliphatic rings. The lowest BCUT2D eigenvalue weighted by Gasteiger charge is -2.10. The summed E-state index contributed by atoms with van der Waals surface area (Å²) in [5.41, 5.74) is 0.475. The van der Waals surface area contributed by atoms with E-state index in [4.69, 9.17) is 4.74 Å². The normalized spacial score (nSPS) is 13.8. The number of benzene rings is 2. The lowest BCUT2D eigenvalue weighted by Crippen LogP contribution is -2.36. The molecule has 0 saturated heterocycles. The molecule has 2 aromatic carbocycles. The summed E-state index contributed by atoms with van der Waals surface area (Å²) in [5.74, 6) is -1.26. The van der Waals surface area contributed by atoms with Crippen molar-refractivity contribution in [1.29, 1.82) is 0 Å². The van der Waals surface area contributed by atoms with E-state index in [1.807, 2.05) is 24.3 Å². The number of carbonyl (C=O) groups excluding carboxylic acids is 3. The average Bonchev–Trinajstić information content (AvgIpc) is 2.69. The summed E-state index contributed by atoms with van der Waals surface area (Å²) in [4.78, 5) is 36.6. The highest BCUT2D eigenvalue weighted by Gasteiger charge is 2.41. The van der Waals surface area contributed by atoms with E-state index in [2.05, 4.69) is 0 Å². The third-order valence-electron chi connectivity index (χ3n) is 3.20. The summed E-state index contributed by atoms with van der Waals surface area (Å²) < 4.78 is 4.74. The number of imide groups is 3. The van der Waals surface area contributed by atoms with Crippen molar-refractivity contribution in [3.8, 4) is 0 Å². The monoisotopic (exact) mass is 269 g/mol. The van der Waals surface area contributed by atoms with Gasteiger partial charge in [0.15, 0.2) is 0 Å². The zero-order valence-electron chi connectivity index (χ0n) is 10.8. The lowest BCUT2D eigenvalue weighted by molar-refractivity contribution is 0.0596. The van der Waals surface area contributed by atoms with Gasteiger partial charge < -0.3 is 4.74 Å². The minimum Gasteiger partial charge on any atom is -0.449 e. The number of amides is 3. The Morgan fingerprint density at radius 1 is 1.05 bits per heavy atom. The van der Waals surface area contributed by atoms with Crippen LogP contribution in [-0.4, -0.2) is 29.4 Å². The number of nitrogens with zero attached hydrogens (tertiary/aromatic N) is 1. The van der Waals surface area contributed by atoms with Crippen LogP contribution in [0.1, 0.15) is 27.6 Å². The maximum atomic E-state index is 12.2. The van der Waals surface area contributed by atoms with E-state index in [9.17, 15) is 14.4 Å². The van der Waals surface area contributed by atoms with Gasteiger partial charge in [0.25, 0.3) is 11.8 Å². The van der Waals surface area contributed by atoms with Crippen LogP contribution >= 0.6 is 0 Å². The first kappa shape index (κ1) is 12.3. The van der Waals surface area contributed by atoms with Gasteiger partial charge in [-0.2, -0.15) is 4.90 Å². The standard InChI is InChI=1S/C15H11NO4/c1-2-20-15(19)16-13(17)11-7-9-5-3-4-6-10(9)8-12(11)14(16)18/h3-8H,2H2,1H3. The van der Waals surface area contributed by atoms with Gasteiger partial charge in [0.1, 0.15) is 0 Å². The summed E-state index contributed by atoms with van der Waals surface area (Å²) in [6, 6.07) is 10.6. The van der Waals surface area contributed by atoms with E-state index < -0.39 is 17.9 Å². The molecular weight excluding hydrogens is 258 g/mol. The average molecular weight is 269 g/mol. The van der Waals surface area contributed by atoms with Crippen LogP contribution in [0.4, 0.5) is 4.79 Å². The number of rotatable bonds is 1. The second-order valence-electron chi connectivity index (χ2n) is 4.39. The molecule has 5 heteroatoms. The Morgan fingerprint density at radius 3 is 2.00 bits per heavy atom. The van der Waals surface area contributed by atoms with Crippen molar-refractivity contribution in [3.05, 3.63) is 47.5 Å². The van der Waals surface area contributed by atoms with Gasteiger partial charge in [-0.3, -0.25) is 9.59 Å². The molecule has 1 aliphatic heterocycles. The molecule has 1 heterocycles. The second kappa shape index (κ2) is 4.45. The first-order chi connectivity index (χ1) is 9.63. The third-order valence-corrected chi connectivity index (χ3v) is 3.20. The molecule has 0 saturated carbocycles. The van der Waals surface area contributed by atoms with E-state index in [1.54, 1.807) is 19.1 Å². The summed E-state index contributed by atoms with van der Waals surface area (Å²) in [5, 5.41) is 1.69. The van der Waals surface area contributed by atoms with E-state index in [-0.39, 0.29) is 17.7 Å². The fourth-order valence-electron chi connectivity index (χ4n) is 2.28. The van der Waals surface area contributed by atoms with Crippen molar-refractivity contribution >= 4 is 28.7 Å². The predicted octanol–water partition coefficient (Wildman–Crippen LogP) is 2.59. The molecular formula is C15H11NO4. The van der Waals surface area contributed by atoms with Gasteiger partial charge in [-0.05, 0) is 29.8 Å². The number of ether oxygens (including phenoxy) is 1. The number of hydrogen-bond acceptors (Lipinski definition) is 4. The van der Waals surface area contributed by atoms with Crippen molar-refractivity contribution in [2.75, 3.05) is 6.61 Å². The van der Waals surface area contributed by atoms with Crippen LogP contribution in [0.2, 0.25) is 0 Å². The highest BCUT2D eigenvalue weighted by molar-refractivity contribution is 6.29. The van der Waals surface area contributed by atoms with Crippen LogP contribution < -0.4 is 0 Å². The van der Waals surface area contributed by atoms with Gasteiger partial charge in [-0.1, -0.05) is 24.3 Å². The molecule has 20 heavy (non-hydrogen) atoms. The minimum atomic E-state index is -0.928. The van der Waals surface area contributed by atoms with Gasteiger partial charge >= 0.3 is 6.09 Å². The van der Waals surface area contributed by atoms with Gasteiger partial charge in [-0.25, -0.2) is 4.79 Å². The molecule has 0 fully saturated rings. The Morgan fingerprint density at radius 2 is 1.55 bits per heavy atom. The van der Waals surface area contributed by atoms with Crippen LogP contribution in [0.25, 0.3) is 10.8 Å². The quantitative estimate of drug-likeness (QED) is 0.746. The number of carbonyl (C=O) groups is 3. The molecule has 3 amide bonds. The van der Waals surface area contributed by atoms with Crippen LogP contribution in [0, 0.1) is 0 Å². The largest absolute Gasteiger partial charge is 0.449 e. The molecule has 5 nitrogen and oxygen atoms in total. The van der Waals surface area contributed by atoms with Crippen molar-refractivity contribution in [2.24, 2.45) is 0 Å². The Balaban J connectivity index is 2.13. The van der Waals surface area contributed by atoms with Gasteiger partial charge in [0, 0.05) is 0 Å². The number of hydrogen-bond donors (Lipinski definition) is 0. The van der Waals surface area contributed by atoms with Crippen LogP contribution in [0.5, 0.6) is 0 Å². The van der Waals surface area contributed by atoms with Crippen molar-refractivity contribution < 1.29 is 19.1 Å². The Labute approximate surface area is 114 Å². The first-order valence-electron chi connectivity index (χ1n) is 6.22. The second-order valence-corrected chi connectivity index (χ2v) is 4.39. The number of fused-ring (bicyclic) bond motifs is 2. The molecule has 0 aromatic heterocycles. The topological polar surface area (TPSA) is 63.7 Å². The smallest absolute Gasteiger partial charge is 0.424 e. The van der Waals surface area contributed by atoms with Crippen molar-refractivity contribution in [3.63, 3.8) is 0 Å². The van der Waals surface area contributed by atoms with E-state index in [0.717, 1.165) is 10.8 Å². The van der Waals surface area contributed by atoms with Gasteiger partial charge in [0.2, 0.25) is 0 Å². The molecule has 0 N–H and O–H groups in total. The SMILES string of the molecule is CCOC(=O)N1C(=O)c2cc3ccccc3cc2C1=O. The predicted molar refractivity (Wildman–Crippen MR) is 71.5 cm³/mol. The van der Waals surface area contributed by atoms with Gasteiger partial charge in [-0.15, -0.1) is 0 Å². The minimum absolute atomic E-state index is 0.105. The Bertz CT molecular complexity index is 696. The third kappa shape index (κ3) is 1.67. The molecule has 0 radical (unpaired) electrons. The molecule has 2 aromatic rings. The summed E-state index contributed by atoms with van der Waals surface area (Å²) >= 11 is 0. The molecule has 0 atom stereocenters. The van der Waals surface area contributed by atoms with E-state index in [0.29, 0.717) is 4.90 Å². The zero-order valence-corrected chi connectivity index (χ0v) is 10.8. The summed E-state index contributed by atoms with van der Waals surface area (Å²) in [6.07, 6.45) is -0.928. The highest BCUT2D eigenvalue weighted by atomic mass is 16.6. The zero-order chi connectivity index (χ0) is 14.3. The van der Waals surface area contributed by atoms with E-state index >= 15 is 0 Å². The molecule has 0 aliphatic carbocycles. The van der Waals surface area contributed by atoms with Gasteiger partial charge in [0.05, 0.1) is 17.7 Å².